The van der Waals surface area contributed by atoms with Gasteiger partial charge in [-0.3, -0.25) is 0 Å². The second-order valence-corrected chi connectivity index (χ2v) is 5.40. The van der Waals surface area contributed by atoms with E-state index in [0.29, 0.717) is 5.92 Å². The highest BCUT2D eigenvalue weighted by Crippen LogP contribution is 2.40. The van der Waals surface area contributed by atoms with Gasteiger partial charge in [0.1, 0.15) is 0 Å². The average Bonchev–Trinajstić information content (AvgIpc) is 2.83. The van der Waals surface area contributed by atoms with E-state index in [9.17, 15) is 0 Å². The maximum absolute atomic E-state index is 6.10. The van der Waals surface area contributed by atoms with Crippen LogP contribution >= 0.6 is 44.3 Å². The second-order valence-electron chi connectivity index (χ2n) is 3.57. The van der Waals surface area contributed by atoms with Gasteiger partial charge in [-0.15, -0.1) is 12.4 Å². The molecule has 14 heavy (non-hydrogen) atoms. The average molecular weight is 341 g/mol. The number of hydrogen-bond donors (Lipinski definition) is 1. The molecule has 78 valence electrons. The molecular formula is C10H12Br2ClN. The van der Waals surface area contributed by atoms with Crippen molar-refractivity contribution in [1.29, 1.82) is 0 Å². The van der Waals surface area contributed by atoms with Crippen molar-refractivity contribution >= 4 is 44.3 Å². The van der Waals surface area contributed by atoms with Gasteiger partial charge in [0.25, 0.3) is 0 Å². The molecule has 2 rings (SSSR count). The monoisotopic (exact) mass is 339 g/mol. The van der Waals surface area contributed by atoms with Crippen molar-refractivity contribution < 1.29 is 0 Å². The third-order valence-corrected chi connectivity index (χ3v) is 3.32. The maximum Gasteiger partial charge on any atom is 0.0324 e. The molecule has 1 aromatic rings. The Morgan fingerprint density at radius 2 is 1.64 bits per heavy atom. The molecule has 0 radical (unpaired) electrons. The van der Waals surface area contributed by atoms with Crippen LogP contribution in [0.5, 0.6) is 0 Å². The Kier molecular flexibility index (Phi) is 4.44. The van der Waals surface area contributed by atoms with Gasteiger partial charge in [-0.2, -0.15) is 0 Å². The molecule has 0 unspecified atom stereocenters. The summed E-state index contributed by atoms with van der Waals surface area (Å²) in [6.07, 6.45) is 2.57. The Hall–Kier alpha value is 0.430. The topological polar surface area (TPSA) is 26.0 Å². The zero-order valence-electron chi connectivity index (χ0n) is 7.54. The third kappa shape index (κ3) is 2.96. The molecule has 1 aliphatic rings. The van der Waals surface area contributed by atoms with Crippen molar-refractivity contribution in [2.75, 3.05) is 0 Å². The minimum atomic E-state index is 0. The van der Waals surface area contributed by atoms with Gasteiger partial charge in [0.05, 0.1) is 0 Å². The van der Waals surface area contributed by atoms with Crippen LogP contribution in [-0.4, -0.2) is 0 Å². The first kappa shape index (κ1) is 12.5. The first-order valence-electron chi connectivity index (χ1n) is 4.38. The molecule has 0 bridgehead atoms. The van der Waals surface area contributed by atoms with Crippen molar-refractivity contribution in [3.8, 4) is 0 Å². The Balaban J connectivity index is 0.000000980. The molecule has 2 N–H and O–H groups in total. The zero-order chi connectivity index (χ0) is 9.42. The first-order valence-corrected chi connectivity index (χ1v) is 5.97. The Labute approximate surface area is 107 Å². The third-order valence-electron chi connectivity index (χ3n) is 2.40. The Bertz CT molecular complexity index is 306. The van der Waals surface area contributed by atoms with Crippen LogP contribution in [0.4, 0.5) is 0 Å². The molecule has 4 heteroatoms. The minimum absolute atomic E-state index is 0. The van der Waals surface area contributed by atoms with Crippen molar-refractivity contribution in [2.24, 2.45) is 11.7 Å². The maximum atomic E-state index is 6.10. The lowest BCUT2D eigenvalue weighted by Gasteiger charge is -2.11. The Morgan fingerprint density at radius 3 is 2.07 bits per heavy atom. The molecule has 0 heterocycles. The van der Waals surface area contributed by atoms with E-state index in [2.05, 4.69) is 44.0 Å². The van der Waals surface area contributed by atoms with E-state index in [-0.39, 0.29) is 18.4 Å². The van der Waals surface area contributed by atoms with E-state index in [1.54, 1.807) is 0 Å². The van der Waals surface area contributed by atoms with Crippen molar-refractivity contribution in [2.45, 2.75) is 18.9 Å². The lowest BCUT2D eigenvalue weighted by molar-refractivity contribution is 0.633. The molecule has 0 aliphatic heterocycles. The molecule has 1 nitrogen and oxygen atoms in total. The molecule has 0 saturated heterocycles. The number of benzene rings is 1. The molecule has 1 fully saturated rings. The number of halogens is 3. The summed E-state index contributed by atoms with van der Waals surface area (Å²) < 4.78 is 2.18. The highest BCUT2D eigenvalue weighted by atomic mass is 79.9. The highest BCUT2D eigenvalue weighted by Gasteiger charge is 2.29. The van der Waals surface area contributed by atoms with E-state index < -0.39 is 0 Å². The van der Waals surface area contributed by atoms with E-state index >= 15 is 0 Å². The van der Waals surface area contributed by atoms with Crippen LogP contribution in [0.25, 0.3) is 0 Å². The van der Waals surface area contributed by atoms with Crippen LogP contribution in [0, 0.1) is 5.92 Å². The lowest BCUT2D eigenvalue weighted by Crippen LogP contribution is -2.12. The van der Waals surface area contributed by atoms with Gasteiger partial charge >= 0.3 is 0 Å². The van der Waals surface area contributed by atoms with Crippen molar-refractivity contribution in [3.63, 3.8) is 0 Å². The van der Waals surface area contributed by atoms with Crippen LogP contribution in [-0.2, 0) is 0 Å². The molecule has 0 amide bonds. The van der Waals surface area contributed by atoms with E-state index in [4.69, 9.17) is 5.73 Å². The summed E-state index contributed by atoms with van der Waals surface area (Å²) >= 11 is 6.93. The molecular weight excluding hydrogens is 329 g/mol. The van der Waals surface area contributed by atoms with Crippen molar-refractivity contribution in [3.05, 3.63) is 32.7 Å². The molecule has 0 spiro atoms. The van der Waals surface area contributed by atoms with Gasteiger partial charge in [-0.05, 0) is 42.5 Å². The number of hydrogen-bond acceptors (Lipinski definition) is 1. The summed E-state index contributed by atoms with van der Waals surface area (Å²) in [5.41, 5.74) is 7.32. The molecule has 1 atom stereocenters. The zero-order valence-corrected chi connectivity index (χ0v) is 11.5. The SMILES string of the molecule is Cl.N[C@@H](c1cc(Br)cc(Br)c1)C1CC1. The van der Waals surface area contributed by atoms with Gasteiger partial charge in [-0.25, -0.2) is 0 Å². The summed E-state index contributed by atoms with van der Waals surface area (Å²) in [6, 6.07) is 6.46. The van der Waals surface area contributed by atoms with Gasteiger partial charge in [0.2, 0.25) is 0 Å². The van der Waals surface area contributed by atoms with Gasteiger partial charge in [-0.1, -0.05) is 31.9 Å². The first-order chi connectivity index (χ1) is 6.16. The molecule has 1 aliphatic carbocycles. The fourth-order valence-electron chi connectivity index (χ4n) is 1.50. The smallest absolute Gasteiger partial charge is 0.0324 e. The predicted octanol–water partition coefficient (Wildman–Crippen LogP) is 4.04. The largest absolute Gasteiger partial charge is 0.324 e. The fraction of sp³-hybridized carbons (Fsp3) is 0.400. The summed E-state index contributed by atoms with van der Waals surface area (Å²) in [7, 11) is 0. The quantitative estimate of drug-likeness (QED) is 0.863. The van der Waals surface area contributed by atoms with Gasteiger partial charge in [0, 0.05) is 15.0 Å². The highest BCUT2D eigenvalue weighted by molar-refractivity contribution is 9.11. The second kappa shape index (κ2) is 4.97. The molecule has 1 saturated carbocycles. The molecule has 0 aromatic heterocycles. The van der Waals surface area contributed by atoms with E-state index in [1.165, 1.54) is 18.4 Å². The lowest BCUT2D eigenvalue weighted by atomic mass is 10.0. The van der Waals surface area contributed by atoms with E-state index in [0.717, 1.165) is 8.95 Å². The summed E-state index contributed by atoms with van der Waals surface area (Å²) in [5.74, 6) is 0.709. The van der Waals surface area contributed by atoms with Crippen LogP contribution in [0.2, 0.25) is 0 Å². The van der Waals surface area contributed by atoms with Crippen molar-refractivity contribution in [1.82, 2.24) is 0 Å². The van der Waals surface area contributed by atoms with Gasteiger partial charge < -0.3 is 5.73 Å². The normalized spacial score (nSPS) is 17.4. The van der Waals surface area contributed by atoms with E-state index in [1.807, 2.05) is 6.07 Å². The number of rotatable bonds is 2. The van der Waals surface area contributed by atoms with Crippen LogP contribution in [0.1, 0.15) is 24.4 Å². The standard InChI is InChI=1S/C10H11Br2N.ClH/c11-8-3-7(4-9(12)5-8)10(13)6-1-2-6;/h3-6,10H,1-2,13H2;1H/t10-;/m1./s1. The Morgan fingerprint density at radius 1 is 1.14 bits per heavy atom. The molecule has 1 aromatic carbocycles. The summed E-state index contributed by atoms with van der Waals surface area (Å²) in [5, 5.41) is 0. The summed E-state index contributed by atoms with van der Waals surface area (Å²) in [6.45, 7) is 0. The van der Waals surface area contributed by atoms with Crippen LogP contribution in [0.15, 0.2) is 27.1 Å². The summed E-state index contributed by atoms with van der Waals surface area (Å²) in [4.78, 5) is 0. The number of nitrogens with two attached hydrogens (primary N) is 1. The fourth-order valence-corrected chi connectivity index (χ4v) is 2.82. The van der Waals surface area contributed by atoms with Crippen LogP contribution < -0.4 is 5.73 Å². The predicted molar refractivity (Wildman–Crippen MR) is 68.7 cm³/mol. The van der Waals surface area contributed by atoms with Gasteiger partial charge in [0.15, 0.2) is 0 Å². The minimum Gasteiger partial charge on any atom is -0.324 e. The van der Waals surface area contributed by atoms with Crippen LogP contribution in [0.3, 0.4) is 0 Å².